The second-order valence-corrected chi connectivity index (χ2v) is 6.99. The van der Waals surface area contributed by atoms with Gasteiger partial charge in [0, 0.05) is 13.1 Å². The number of carbonyl (C=O) groups is 1. The van der Waals surface area contributed by atoms with Crippen molar-refractivity contribution in [3.8, 4) is 0 Å². The van der Waals surface area contributed by atoms with Crippen molar-refractivity contribution >= 4 is 33.6 Å². The van der Waals surface area contributed by atoms with E-state index in [1.807, 2.05) is 37.6 Å². The summed E-state index contributed by atoms with van der Waals surface area (Å²) >= 11 is 5.20. The van der Waals surface area contributed by atoms with Crippen LogP contribution in [-0.4, -0.2) is 40.2 Å². The molecule has 0 aliphatic rings. The molecule has 0 N–H and O–H groups in total. The average Bonchev–Trinajstić information content (AvgIpc) is 2.10. The first-order valence-electron chi connectivity index (χ1n) is 4.75. The van der Waals surface area contributed by atoms with Gasteiger partial charge >= 0.3 is 0 Å². The minimum atomic E-state index is -0.449. The van der Waals surface area contributed by atoms with Gasteiger partial charge in [0.25, 0.3) is 0 Å². The Bertz CT molecular complexity index is 191. The standard InChI is InChI=1S/C10H20BrNOS/c1-8(6-7-14-5)12(4)9(13)10(2,3)11/h8H,6-7H2,1-5H3. The van der Waals surface area contributed by atoms with Gasteiger partial charge in [-0.1, -0.05) is 15.9 Å². The molecule has 1 amide bonds. The monoisotopic (exact) mass is 281 g/mol. The molecule has 0 fully saturated rings. The zero-order valence-electron chi connectivity index (χ0n) is 9.63. The molecule has 0 saturated heterocycles. The third-order valence-corrected chi connectivity index (χ3v) is 3.21. The van der Waals surface area contributed by atoms with Crippen LogP contribution in [0.15, 0.2) is 0 Å². The van der Waals surface area contributed by atoms with E-state index in [1.165, 1.54) is 0 Å². The Kier molecular flexibility index (Phi) is 6.14. The van der Waals surface area contributed by atoms with Crippen LogP contribution < -0.4 is 0 Å². The van der Waals surface area contributed by atoms with Crippen molar-refractivity contribution in [2.45, 2.75) is 37.6 Å². The fraction of sp³-hybridized carbons (Fsp3) is 0.900. The SMILES string of the molecule is CSCCC(C)N(C)C(=O)C(C)(C)Br. The van der Waals surface area contributed by atoms with Crippen LogP contribution in [0.25, 0.3) is 0 Å². The number of nitrogens with zero attached hydrogens (tertiary/aromatic N) is 1. The van der Waals surface area contributed by atoms with Crippen molar-refractivity contribution in [1.29, 1.82) is 0 Å². The summed E-state index contributed by atoms with van der Waals surface area (Å²) in [7, 11) is 1.87. The summed E-state index contributed by atoms with van der Waals surface area (Å²) in [6.07, 6.45) is 3.13. The molecule has 0 saturated carbocycles. The summed E-state index contributed by atoms with van der Waals surface area (Å²) in [6, 6.07) is 0.312. The van der Waals surface area contributed by atoms with E-state index in [0.717, 1.165) is 12.2 Å². The number of thioether (sulfide) groups is 1. The zero-order chi connectivity index (χ0) is 11.4. The van der Waals surface area contributed by atoms with Crippen LogP contribution in [0.5, 0.6) is 0 Å². The molecule has 4 heteroatoms. The largest absolute Gasteiger partial charge is 0.342 e. The van der Waals surface area contributed by atoms with Crippen molar-refractivity contribution in [2.75, 3.05) is 19.1 Å². The molecular formula is C10H20BrNOS. The van der Waals surface area contributed by atoms with Crippen LogP contribution in [0.1, 0.15) is 27.2 Å². The highest BCUT2D eigenvalue weighted by molar-refractivity contribution is 9.10. The van der Waals surface area contributed by atoms with Gasteiger partial charge in [-0.25, -0.2) is 0 Å². The molecule has 84 valence electrons. The molecule has 0 radical (unpaired) electrons. The van der Waals surface area contributed by atoms with Crippen LogP contribution in [-0.2, 0) is 4.79 Å². The van der Waals surface area contributed by atoms with E-state index >= 15 is 0 Å². The second-order valence-electron chi connectivity index (χ2n) is 4.02. The highest BCUT2D eigenvalue weighted by atomic mass is 79.9. The number of amides is 1. The Balaban J connectivity index is 4.18. The van der Waals surface area contributed by atoms with E-state index in [2.05, 4.69) is 29.1 Å². The van der Waals surface area contributed by atoms with E-state index in [0.29, 0.717) is 6.04 Å². The molecule has 0 aromatic carbocycles. The highest BCUT2D eigenvalue weighted by Crippen LogP contribution is 2.20. The predicted molar refractivity (Wildman–Crippen MR) is 68.2 cm³/mol. The van der Waals surface area contributed by atoms with Gasteiger partial charge in [0.15, 0.2) is 0 Å². The minimum Gasteiger partial charge on any atom is -0.342 e. The second kappa shape index (κ2) is 6.01. The lowest BCUT2D eigenvalue weighted by atomic mass is 10.1. The maximum absolute atomic E-state index is 11.8. The van der Waals surface area contributed by atoms with Crippen LogP contribution in [0.3, 0.4) is 0 Å². The number of halogens is 1. The van der Waals surface area contributed by atoms with Gasteiger partial charge in [-0.3, -0.25) is 4.79 Å². The first-order chi connectivity index (χ1) is 6.30. The fourth-order valence-corrected chi connectivity index (χ4v) is 1.96. The molecule has 1 atom stereocenters. The van der Waals surface area contributed by atoms with Crippen molar-refractivity contribution in [3.05, 3.63) is 0 Å². The van der Waals surface area contributed by atoms with Crippen LogP contribution in [0.2, 0.25) is 0 Å². The van der Waals surface area contributed by atoms with Gasteiger partial charge in [-0.2, -0.15) is 11.8 Å². The summed E-state index contributed by atoms with van der Waals surface area (Å²) < 4.78 is -0.449. The molecule has 0 spiro atoms. The van der Waals surface area contributed by atoms with Gasteiger partial charge in [-0.05, 0) is 39.2 Å². The van der Waals surface area contributed by atoms with E-state index in [9.17, 15) is 4.79 Å². The first-order valence-corrected chi connectivity index (χ1v) is 6.94. The third kappa shape index (κ3) is 4.69. The molecule has 1 unspecified atom stereocenters. The summed E-state index contributed by atoms with van der Waals surface area (Å²) in [5.74, 6) is 1.24. The van der Waals surface area contributed by atoms with Crippen molar-refractivity contribution in [1.82, 2.24) is 4.90 Å². The molecular weight excluding hydrogens is 262 g/mol. The van der Waals surface area contributed by atoms with Gasteiger partial charge in [0.05, 0.1) is 4.32 Å². The smallest absolute Gasteiger partial charge is 0.238 e. The Labute approximate surface area is 99.9 Å². The summed E-state index contributed by atoms with van der Waals surface area (Å²) in [5.41, 5.74) is 0. The van der Waals surface area contributed by atoms with Gasteiger partial charge < -0.3 is 4.90 Å². The first kappa shape index (κ1) is 14.3. The number of hydrogen-bond acceptors (Lipinski definition) is 2. The van der Waals surface area contributed by atoms with Gasteiger partial charge in [0.2, 0.25) is 5.91 Å². The Morgan fingerprint density at radius 3 is 2.43 bits per heavy atom. The molecule has 0 bridgehead atoms. The van der Waals surface area contributed by atoms with Crippen LogP contribution >= 0.6 is 27.7 Å². The maximum Gasteiger partial charge on any atom is 0.238 e. The van der Waals surface area contributed by atoms with Gasteiger partial charge in [-0.15, -0.1) is 0 Å². The van der Waals surface area contributed by atoms with E-state index < -0.39 is 4.32 Å². The lowest BCUT2D eigenvalue weighted by molar-refractivity contribution is -0.133. The zero-order valence-corrected chi connectivity index (χ0v) is 12.0. The number of rotatable bonds is 5. The van der Waals surface area contributed by atoms with Crippen molar-refractivity contribution in [2.24, 2.45) is 0 Å². The molecule has 0 aromatic heterocycles. The highest BCUT2D eigenvalue weighted by Gasteiger charge is 2.29. The van der Waals surface area contributed by atoms with Crippen molar-refractivity contribution < 1.29 is 4.79 Å². The van der Waals surface area contributed by atoms with Crippen molar-refractivity contribution in [3.63, 3.8) is 0 Å². The maximum atomic E-state index is 11.8. The van der Waals surface area contributed by atoms with E-state index in [-0.39, 0.29) is 5.91 Å². The normalized spacial score (nSPS) is 13.9. The Morgan fingerprint density at radius 2 is 2.07 bits per heavy atom. The molecule has 0 heterocycles. The molecule has 14 heavy (non-hydrogen) atoms. The minimum absolute atomic E-state index is 0.145. The lowest BCUT2D eigenvalue weighted by Crippen LogP contribution is -2.44. The molecule has 2 nitrogen and oxygen atoms in total. The summed E-state index contributed by atoms with van der Waals surface area (Å²) in [6.45, 7) is 5.85. The van der Waals surface area contributed by atoms with Crippen LogP contribution in [0, 0.1) is 0 Å². The summed E-state index contributed by atoms with van der Waals surface area (Å²) in [5, 5.41) is 0. The summed E-state index contributed by atoms with van der Waals surface area (Å²) in [4.78, 5) is 13.7. The van der Waals surface area contributed by atoms with E-state index in [1.54, 1.807) is 0 Å². The fourth-order valence-electron chi connectivity index (χ4n) is 1.10. The number of carbonyl (C=O) groups excluding carboxylic acids is 1. The molecule has 0 aliphatic heterocycles. The van der Waals surface area contributed by atoms with Gasteiger partial charge in [0.1, 0.15) is 0 Å². The third-order valence-electron chi connectivity index (χ3n) is 2.23. The number of hydrogen-bond donors (Lipinski definition) is 0. The topological polar surface area (TPSA) is 20.3 Å². The predicted octanol–water partition coefficient (Wildman–Crippen LogP) is 2.76. The Hall–Kier alpha value is 0.300. The van der Waals surface area contributed by atoms with E-state index in [4.69, 9.17) is 0 Å². The number of alkyl halides is 1. The Morgan fingerprint density at radius 1 is 1.57 bits per heavy atom. The molecule has 0 aromatic rings. The quantitative estimate of drug-likeness (QED) is 0.723. The van der Waals surface area contributed by atoms with Crippen LogP contribution in [0.4, 0.5) is 0 Å². The lowest BCUT2D eigenvalue weighted by Gasteiger charge is -2.30. The average molecular weight is 282 g/mol. The molecule has 0 rings (SSSR count). The molecule has 0 aliphatic carbocycles.